The molecule has 6 nitrogen and oxygen atoms in total. The quantitative estimate of drug-likeness (QED) is 0.310. The van der Waals surface area contributed by atoms with Crippen LogP contribution >= 0.6 is 0 Å². The van der Waals surface area contributed by atoms with Gasteiger partial charge in [0.15, 0.2) is 0 Å². The van der Waals surface area contributed by atoms with Gasteiger partial charge in [-0.1, -0.05) is 53.7 Å². The lowest BCUT2D eigenvalue weighted by Crippen LogP contribution is -2.75. The van der Waals surface area contributed by atoms with Gasteiger partial charge in [0, 0.05) is 11.1 Å². The first-order valence-corrected chi connectivity index (χ1v) is 18.1. The summed E-state index contributed by atoms with van der Waals surface area (Å²) in [6.07, 6.45) is 11.5. The van der Waals surface area contributed by atoms with Gasteiger partial charge in [0.2, 0.25) is 5.91 Å². The zero-order chi connectivity index (χ0) is 32.7. The van der Waals surface area contributed by atoms with Gasteiger partial charge in [-0.3, -0.25) is 4.79 Å². The van der Waals surface area contributed by atoms with Crippen molar-refractivity contribution in [3.8, 4) is 0 Å². The minimum atomic E-state index is -0.858. The van der Waals surface area contributed by atoms with E-state index < -0.39 is 5.97 Å². The van der Waals surface area contributed by atoms with Crippen LogP contribution in [0.25, 0.3) is 0 Å². The molecule has 5 fully saturated rings. The fourth-order valence-corrected chi connectivity index (χ4v) is 13.4. The number of aromatic carboxylic acids is 1. The highest BCUT2D eigenvalue weighted by Crippen LogP contribution is 2.74. The molecule has 0 saturated heterocycles. The first-order chi connectivity index (χ1) is 21.0. The van der Waals surface area contributed by atoms with Crippen LogP contribution in [0.3, 0.4) is 0 Å². The lowest BCUT2D eigenvalue weighted by atomic mass is 9.34. The number of carboxylic acid groups (broad SMARTS) is 1. The maximum absolute atomic E-state index is 13.3. The molecule has 6 rings (SSSR count). The van der Waals surface area contributed by atoms with Crippen molar-refractivity contribution in [1.82, 2.24) is 10.2 Å². The normalized spacial score (nSPS) is 43.6. The van der Waals surface area contributed by atoms with E-state index in [1.165, 1.54) is 44.1 Å². The Morgan fingerprint density at radius 1 is 0.911 bits per heavy atom. The second-order valence-electron chi connectivity index (χ2n) is 18.0. The van der Waals surface area contributed by atoms with Gasteiger partial charge >= 0.3 is 5.97 Å². The van der Waals surface area contributed by atoms with Gasteiger partial charge in [-0.2, -0.15) is 0 Å². The summed E-state index contributed by atoms with van der Waals surface area (Å²) in [4.78, 5) is 26.8. The van der Waals surface area contributed by atoms with Gasteiger partial charge in [-0.15, -0.1) is 0 Å². The third-order valence-corrected chi connectivity index (χ3v) is 15.3. The molecular weight excluding hydrogens is 558 g/mol. The SMILES string of the molecule is CC(C)[C@@H]1CC[C@]2(NC(=O)CN(C)C)CC[C@]3(N)[C@H](CC[C@@H]4[C@@]5(C)CC[C@@H](c6ccc(C(=O)O)cc6)C(C)(C)[C@@H]5CC[C@]43C)[C@@H]12. The Morgan fingerprint density at radius 3 is 2.22 bits per heavy atom. The van der Waals surface area contributed by atoms with Crippen LogP contribution in [0.5, 0.6) is 0 Å². The highest BCUT2D eigenvalue weighted by Gasteiger charge is 2.71. The molecule has 0 bridgehead atoms. The first kappa shape index (κ1) is 33.0. The van der Waals surface area contributed by atoms with Crippen molar-refractivity contribution in [3.05, 3.63) is 35.4 Å². The molecule has 1 aromatic rings. The largest absolute Gasteiger partial charge is 0.478 e. The number of nitrogens with zero attached hydrogens (tertiary/aromatic N) is 1. The molecule has 5 aliphatic rings. The summed E-state index contributed by atoms with van der Waals surface area (Å²) >= 11 is 0. The molecule has 0 unspecified atom stereocenters. The summed E-state index contributed by atoms with van der Waals surface area (Å²) in [6, 6.07) is 7.73. The van der Waals surface area contributed by atoms with Crippen LogP contribution in [0.4, 0.5) is 0 Å². The zero-order valence-electron chi connectivity index (χ0n) is 29.4. The minimum Gasteiger partial charge on any atom is -0.478 e. The van der Waals surface area contributed by atoms with Gasteiger partial charge < -0.3 is 21.1 Å². The number of carbonyl (C=O) groups excluding carboxylic acids is 1. The predicted octanol–water partition coefficient (Wildman–Crippen LogP) is 7.33. The standard InChI is InChI=1S/C39H61N3O3/c1-24(2)27-15-20-38(41-32(43)23-42(7)8)21-22-39(40)29(33(27)38)13-14-31-36(5)18-16-28(25-9-11-26(12-10-25)34(44)45)35(3,4)30(36)17-19-37(31,39)6/h9-12,24,27-31,33H,13-23,40H2,1-8H3,(H,41,43)(H,44,45)/t27-,28-,29+,30-,31+,33+,36-,37+,38-,39-/m0/s1. The Balaban J connectivity index is 1.31. The molecule has 0 spiro atoms. The number of nitrogens with two attached hydrogens (primary N) is 1. The van der Waals surface area contributed by atoms with Crippen molar-refractivity contribution >= 4 is 11.9 Å². The van der Waals surface area contributed by atoms with Crippen LogP contribution in [-0.4, -0.2) is 53.6 Å². The highest BCUT2D eigenvalue weighted by molar-refractivity contribution is 5.87. The molecule has 0 heterocycles. The van der Waals surface area contributed by atoms with E-state index in [0.717, 1.165) is 25.7 Å². The molecule has 0 aromatic heterocycles. The summed E-state index contributed by atoms with van der Waals surface area (Å²) in [7, 11) is 3.96. The number of nitrogens with one attached hydrogen (secondary N) is 1. The minimum absolute atomic E-state index is 0.0805. The smallest absolute Gasteiger partial charge is 0.335 e. The van der Waals surface area contributed by atoms with Crippen LogP contribution in [0.2, 0.25) is 0 Å². The molecule has 1 amide bonds. The lowest BCUT2D eigenvalue weighted by molar-refractivity contribution is -0.207. The van der Waals surface area contributed by atoms with E-state index in [1.54, 1.807) is 12.1 Å². The number of carboxylic acids is 1. The summed E-state index contributed by atoms with van der Waals surface area (Å²) < 4.78 is 0. The van der Waals surface area contributed by atoms with Crippen molar-refractivity contribution in [3.63, 3.8) is 0 Å². The van der Waals surface area contributed by atoms with E-state index in [2.05, 4.69) is 59.0 Å². The van der Waals surface area contributed by atoms with Crippen molar-refractivity contribution in [1.29, 1.82) is 0 Å². The second-order valence-corrected chi connectivity index (χ2v) is 18.0. The average molecular weight is 620 g/mol. The summed E-state index contributed by atoms with van der Waals surface area (Å²) in [5.74, 6) is 3.02. The van der Waals surface area contributed by atoms with Crippen molar-refractivity contribution in [2.24, 2.45) is 57.5 Å². The fourth-order valence-electron chi connectivity index (χ4n) is 13.4. The molecule has 6 heteroatoms. The number of likely N-dealkylation sites (N-methyl/N-ethyl adjacent to an activating group) is 1. The van der Waals surface area contributed by atoms with Gasteiger partial charge in [0.05, 0.1) is 12.1 Å². The highest BCUT2D eigenvalue weighted by atomic mass is 16.4. The number of rotatable bonds is 6. The maximum atomic E-state index is 13.3. The molecule has 1 aromatic carbocycles. The van der Waals surface area contributed by atoms with Crippen LogP contribution in [0, 0.1) is 51.8 Å². The Morgan fingerprint density at radius 2 is 1.60 bits per heavy atom. The first-order valence-electron chi connectivity index (χ1n) is 18.1. The Bertz CT molecular complexity index is 1310. The van der Waals surface area contributed by atoms with Gasteiger partial charge in [-0.25, -0.2) is 4.79 Å². The maximum Gasteiger partial charge on any atom is 0.335 e. The third-order valence-electron chi connectivity index (χ3n) is 15.3. The van der Waals surface area contributed by atoms with Gasteiger partial charge in [0.25, 0.3) is 0 Å². The van der Waals surface area contributed by atoms with Crippen molar-refractivity contribution < 1.29 is 14.7 Å². The predicted molar refractivity (Wildman–Crippen MR) is 181 cm³/mol. The molecule has 250 valence electrons. The molecule has 0 aliphatic heterocycles. The Hall–Kier alpha value is -1.92. The van der Waals surface area contributed by atoms with E-state index in [9.17, 15) is 14.7 Å². The molecule has 45 heavy (non-hydrogen) atoms. The summed E-state index contributed by atoms with van der Waals surface area (Å²) in [6.45, 7) is 15.4. The van der Waals surface area contributed by atoms with Crippen molar-refractivity contribution in [2.75, 3.05) is 20.6 Å². The molecule has 4 N–H and O–H groups in total. The Labute approximate surface area is 272 Å². The van der Waals surface area contributed by atoms with E-state index >= 15 is 0 Å². The summed E-state index contributed by atoms with van der Waals surface area (Å²) in [5, 5.41) is 13.1. The van der Waals surface area contributed by atoms with Gasteiger partial charge in [0.1, 0.15) is 0 Å². The van der Waals surface area contributed by atoms with E-state index in [1.807, 2.05) is 19.0 Å². The fraction of sp³-hybridized carbons (Fsp3) is 0.795. The van der Waals surface area contributed by atoms with Crippen LogP contribution < -0.4 is 11.1 Å². The molecule has 0 radical (unpaired) electrons. The van der Waals surface area contributed by atoms with E-state index in [0.29, 0.717) is 53.5 Å². The Kier molecular flexibility index (Phi) is 8.12. The van der Waals surface area contributed by atoms with Gasteiger partial charge in [-0.05, 0) is 154 Å². The molecule has 5 saturated carbocycles. The van der Waals surface area contributed by atoms with Crippen LogP contribution in [0.1, 0.15) is 128 Å². The number of amides is 1. The van der Waals surface area contributed by atoms with Crippen LogP contribution in [0.15, 0.2) is 24.3 Å². The number of benzene rings is 1. The van der Waals surface area contributed by atoms with E-state index in [4.69, 9.17) is 5.73 Å². The zero-order valence-corrected chi connectivity index (χ0v) is 29.4. The molecular formula is C39H61N3O3. The number of carbonyl (C=O) groups is 2. The lowest BCUT2D eigenvalue weighted by Gasteiger charge is -2.73. The number of fused-ring (bicyclic) bond motifs is 7. The van der Waals surface area contributed by atoms with Crippen molar-refractivity contribution in [2.45, 2.75) is 123 Å². The number of hydrogen-bond acceptors (Lipinski definition) is 4. The topological polar surface area (TPSA) is 95.7 Å². The number of hydrogen-bond donors (Lipinski definition) is 3. The van der Waals surface area contributed by atoms with Crippen LogP contribution in [-0.2, 0) is 4.79 Å². The second kappa shape index (κ2) is 11.1. The molecule has 5 aliphatic carbocycles. The average Bonchev–Trinajstić information content (AvgIpc) is 3.32. The monoisotopic (exact) mass is 619 g/mol. The third kappa shape index (κ3) is 4.85. The van der Waals surface area contributed by atoms with E-state index in [-0.39, 0.29) is 33.2 Å². The summed E-state index contributed by atoms with van der Waals surface area (Å²) in [5.41, 5.74) is 9.73. The molecule has 10 atom stereocenters.